The lowest BCUT2D eigenvalue weighted by molar-refractivity contribution is -0.385. The summed E-state index contributed by atoms with van der Waals surface area (Å²) in [6, 6.07) is 11.7. The Morgan fingerprint density at radius 1 is 1.18 bits per heavy atom. The van der Waals surface area contributed by atoms with Crippen molar-refractivity contribution in [3.63, 3.8) is 0 Å². The summed E-state index contributed by atoms with van der Waals surface area (Å²) >= 11 is 3.22. The molecule has 206 valence electrons. The molecule has 0 atom stereocenters. The molecule has 0 spiro atoms. The number of ether oxygens (including phenoxy) is 2. The Kier molecular flexibility index (Phi) is 8.29. The zero-order valence-electron chi connectivity index (χ0n) is 21.1. The monoisotopic (exact) mass is 612 g/mol. The highest BCUT2D eigenvalue weighted by Gasteiger charge is 2.34. The number of benzene rings is 2. The van der Waals surface area contributed by atoms with Gasteiger partial charge in [0.25, 0.3) is 11.8 Å². The van der Waals surface area contributed by atoms with Crippen molar-refractivity contribution >= 4 is 57.2 Å². The van der Waals surface area contributed by atoms with Crippen molar-refractivity contribution in [2.24, 2.45) is 0 Å². The van der Waals surface area contributed by atoms with Crippen LogP contribution in [-0.2, 0) is 20.9 Å². The molecule has 14 heteroatoms. The number of nitro benzene ring substituents is 1. The van der Waals surface area contributed by atoms with Crippen LogP contribution in [0.2, 0.25) is 0 Å². The number of hydrogen-bond donors (Lipinski definition) is 2. The van der Waals surface area contributed by atoms with E-state index in [1.54, 1.807) is 12.1 Å². The molecule has 2 N–H and O–H groups in total. The molecule has 0 aliphatic carbocycles. The maximum absolute atomic E-state index is 12.9. The molecule has 1 aromatic heterocycles. The Bertz CT molecular complexity index is 1550. The maximum Gasteiger partial charge on any atom is 0.373 e. The number of urea groups is 1. The summed E-state index contributed by atoms with van der Waals surface area (Å²) in [7, 11) is 1.18. The van der Waals surface area contributed by atoms with Gasteiger partial charge in [0.2, 0.25) is 11.5 Å². The number of methoxy groups -OCH3 is 1. The van der Waals surface area contributed by atoms with E-state index < -0.39 is 41.0 Å². The van der Waals surface area contributed by atoms with Crippen LogP contribution >= 0.6 is 15.9 Å². The fraction of sp³-hybridized carbons (Fsp3) is 0.154. The highest BCUT2D eigenvalue weighted by molar-refractivity contribution is 9.10. The van der Waals surface area contributed by atoms with Crippen LogP contribution in [0.1, 0.15) is 27.4 Å². The summed E-state index contributed by atoms with van der Waals surface area (Å²) < 4.78 is 15.5. The number of nitro groups is 1. The summed E-state index contributed by atoms with van der Waals surface area (Å²) in [4.78, 5) is 61.1. The van der Waals surface area contributed by atoms with Gasteiger partial charge in [-0.3, -0.25) is 24.6 Å². The second-order valence-corrected chi connectivity index (χ2v) is 9.30. The van der Waals surface area contributed by atoms with Gasteiger partial charge >= 0.3 is 17.7 Å². The first-order chi connectivity index (χ1) is 19.0. The quantitative estimate of drug-likeness (QED) is 0.118. The summed E-state index contributed by atoms with van der Waals surface area (Å²) in [6.45, 7) is 1.14. The molecule has 0 saturated carbocycles. The lowest BCUT2D eigenvalue weighted by atomic mass is 10.1. The number of esters is 1. The Morgan fingerprint density at radius 2 is 1.90 bits per heavy atom. The van der Waals surface area contributed by atoms with Crippen LogP contribution in [-0.4, -0.2) is 47.4 Å². The Balaban J connectivity index is 1.48. The molecule has 40 heavy (non-hydrogen) atoms. The van der Waals surface area contributed by atoms with E-state index in [0.29, 0.717) is 5.69 Å². The number of furan rings is 1. The molecule has 0 bridgehead atoms. The van der Waals surface area contributed by atoms with Crippen LogP contribution in [0.5, 0.6) is 5.75 Å². The van der Waals surface area contributed by atoms with Crippen LogP contribution in [0.25, 0.3) is 6.08 Å². The van der Waals surface area contributed by atoms with Gasteiger partial charge in [0, 0.05) is 11.8 Å². The number of nitrogens with one attached hydrogen (secondary N) is 2. The van der Waals surface area contributed by atoms with Crippen molar-refractivity contribution in [3.05, 3.63) is 91.5 Å². The van der Waals surface area contributed by atoms with Gasteiger partial charge in [-0.2, -0.15) is 0 Å². The van der Waals surface area contributed by atoms with Crippen molar-refractivity contribution in [2.45, 2.75) is 13.5 Å². The molecular weight excluding hydrogens is 592 g/mol. The summed E-state index contributed by atoms with van der Waals surface area (Å²) in [5.74, 6) is -2.06. The van der Waals surface area contributed by atoms with E-state index >= 15 is 0 Å². The van der Waals surface area contributed by atoms with Crippen molar-refractivity contribution in [3.8, 4) is 5.75 Å². The van der Waals surface area contributed by atoms with Gasteiger partial charge in [0.05, 0.1) is 23.1 Å². The van der Waals surface area contributed by atoms with E-state index in [0.717, 1.165) is 16.5 Å². The zero-order chi connectivity index (χ0) is 29.0. The second kappa shape index (κ2) is 11.8. The van der Waals surface area contributed by atoms with Gasteiger partial charge in [-0.15, -0.1) is 0 Å². The molecule has 1 aliphatic heterocycles. The molecule has 3 aromatic rings. The zero-order valence-corrected chi connectivity index (χ0v) is 22.6. The normalized spacial score (nSPS) is 13.8. The summed E-state index contributed by atoms with van der Waals surface area (Å²) in [6.07, 6.45) is 1.26. The van der Waals surface area contributed by atoms with Gasteiger partial charge < -0.3 is 24.5 Å². The minimum absolute atomic E-state index is 0.0904. The average molecular weight is 613 g/mol. The Morgan fingerprint density at radius 3 is 2.58 bits per heavy atom. The molecule has 1 saturated heterocycles. The number of rotatable bonds is 9. The number of hydrogen-bond acceptors (Lipinski definition) is 9. The predicted octanol–water partition coefficient (Wildman–Crippen LogP) is 4.16. The highest BCUT2D eigenvalue weighted by Crippen LogP contribution is 2.37. The molecular formula is C26H21BrN4O9. The third-order valence-electron chi connectivity index (χ3n) is 5.56. The minimum atomic E-state index is -0.750. The van der Waals surface area contributed by atoms with E-state index in [9.17, 15) is 29.3 Å². The number of carbonyl (C=O) groups is 4. The van der Waals surface area contributed by atoms with Gasteiger partial charge in [0.15, 0.2) is 6.61 Å². The highest BCUT2D eigenvalue weighted by atomic mass is 79.9. The molecule has 13 nitrogen and oxygen atoms in total. The fourth-order valence-electron chi connectivity index (χ4n) is 3.64. The van der Waals surface area contributed by atoms with Crippen LogP contribution in [0.4, 0.5) is 16.2 Å². The first-order valence-electron chi connectivity index (χ1n) is 11.5. The Labute approximate surface area is 235 Å². The van der Waals surface area contributed by atoms with E-state index in [2.05, 4.69) is 31.3 Å². The topological polar surface area (TPSA) is 170 Å². The summed E-state index contributed by atoms with van der Waals surface area (Å²) in [5, 5.41) is 16.8. The van der Waals surface area contributed by atoms with E-state index in [1.165, 1.54) is 31.4 Å². The lowest BCUT2D eigenvalue weighted by Gasteiger charge is -2.11. The van der Waals surface area contributed by atoms with Crippen molar-refractivity contribution in [2.75, 3.05) is 19.0 Å². The number of carbonyl (C=O) groups excluding carboxylic acids is 4. The van der Waals surface area contributed by atoms with Crippen molar-refractivity contribution in [1.29, 1.82) is 0 Å². The number of amides is 4. The number of anilines is 1. The van der Waals surface area contributed by atoms with Crippen LogP contribution in [0.15, 0.2) is 63.1 Å². The molecule has 1 aliphatic rings. The van der Waals surface area contributed by atoms with Crippen LogP contribution in [0, 0.1) is 17.0 Å². The van der Waals surface area contributed by atoms with E-state index in [1.807, 2.05) is 19.1 Å². The number of aryl methyl sites for hydroxylation is 1. The smallest absolute Gasteiger partial charge is 0.373 e. The lowest BCUT2D eigenvalue weighted by Crippen LogP contribution is -2.30. The van der Waals surface area contributed by atoms with Crippen LogP contribution < -0.4 is 15.4 Å². The standard InChI is InChI=1S/C26H21BrN4O9/c1-14-3-5-16(6-4-14)28-22(32)13-39-23-18(27)9-15(11-20(23)31(36)37)10-19-24(33)30(26(35)29-19)12-17-7-8-21(40-17)25(34)38-2/h3-11H,12-13H2,1-2H3,(H,28,32)(H,29,35)/b19-10-. The first-order valence-corrected chi connectivity index (χ1v) is 12.3. The van der Waals surface area contributed by atoms with Crippen molar-refractivity contribution in [1.82, 2.24) is 10.2 Å². The molecule has 2 heterocycles. The molecule has 0 unspecified atom stereocenters. The predicted molar refractivity (Wildman–Crippen MR) is 143 cm³/mol. The molecule has 4 amide bonds. The van der Waals surface area contributed by atoms with Gasteiger partial charge in [-0.25, -0.2) is 9.59 Å². The van der Waals surface area contributed by atoms with Gasteiger partial charge in [-0.05, 0) is 64.8 Å². The number of nitrogens with zero attached hydrogens (tertiary/aromatic N) is 2. The van der Waals surface area contributed by atoms with E-state index in [4.69, 9.17) is 9.15 Å². The van der Waals surface area contributed by atoms with Gasteiger partial charge in [0.1, 0.15) is 11.5 Å². The maximum atomic E-state index is 12.9. The molecule has 0 radical (unpaired) electrons. The second-order valence-electron chi connectivity index (χ2n) is 8.45. The molecule has 4 rings (SSSR count). The molecule has 1 fully saturated rings. The van der Waals surface area contributed by atoms with Gasteiger partial charge in [-0.1, -0.05) is 17.7 Å². The van der Waals surface area contributed by atoms with E-state index in [-0.39, 0.29) is 39.5 Å². The van der Waals surface area contributed by atoms with Crippen molar-refractivity contribution < 1.29 is 38.0 Å². The molecule has 2 aromatic carbocycles. The summed E-state index contributed by atoms with van der Waals surface area (Å²) in [5.41, 5.74) is 1.15. The Hall–Kier alpha value is -4.98. The minimum Gasteiger partial charge on any atom is -0.476 e. The SMILES string of the molecule is COC(=O)c1ccc(CN2C(=O)N/C(=C\c3cc(Br)c(OCC(=O)Nc4ccc(C)cc4)c([N+](=O)[O-])c3)C2=O)o1. The third kappa shape index (κ3) is 6.35. The largest absolute Gasteiger partial charge is 0.476 e. The average Bonchev–Trinajstić information content (AvgIpc) is 3.49. The number of imide groups is 1. The first kappa shape index (κ1) is 28.0. The fourth-order valence-corrected chi connectivity index (χ4v) is 4.23. The van der Waals surface area contributed by atoms with Crippen LogP contribution in [0.3, 0.4) is 0 Å². The third-order valence-corrected chi connectivity index (χ3v) is 6.15. The number of halogens is 1.